The molecule has 0 unspecified atom stereocenters. The van der Waals surface area contributed by atoms with E-state index in [-0.39, 0.29) is 6.54 Å². The first-order chi connectivity index (χ1) is 14.4. The van der Waals surface area contributed by atoms with Crippen LogP contribution in [0.1, 0.15) is 19.3 Å². The van der Waals surface area contributed by atoms with Gasteiger partial charge in [0.05, 0.1) is 30.3 Å². The minimum absolute atomic E-state index is 0.288. The zero-order valence-corrected chi connectivity index (χ0v) is 16.0. The maximum atomic E-state index is 14.5. The van der Waals surface area contributed by atoms with Gasteiger partial charge in [-0.15, -0.1) is 0 Å². The number of carbonyl (C=O) groups excluding carboxylic acids is 1. The van der Waals surface area contributed by atoms with Crippen molar-refractivity contribution in [1.29, 1.82) is 0 Å². The molecule has 1 spiro atoms. The average Bonchev–Trinajstić information content (AvgIpc) is 3.35. The number of nitrogens with one attached hydrogen (secondary N) is 1. The predicted octanol–water partition coefficient (Wildman–Crippen LogP) is 1.55. The Morgan fingerprint density at radius 1 is 1.17 bits per heavy atom. The van der Waals surface area contributed by atoms with Crippen LogP contribution < -0.4 is 15.9 Å². The van der Waals surface area contributed by atoms with Crippen LogP contribution in [0.25, 0.3) is 5.65 Å². The predicted molar refractivity (Wildman–Crippen MR) is 104 cm³/mol. The van der Waals surface area contributed by atoms with Crippen LogP contribution in [0.3, 0.4) is 0 Å². The highest BCUT2D eigenvalue weighted by Gasteiger charge is 2.63. The van der Waals surface area contributed by atoms with Crippen molar-refractivity contribution in [3.8, 4) is 0 Å². The topological polar surface area (TPSA) is 97.4 Å². The molecule has 3 aromatic rings. The zero-order valence-electron chi connectivity index (χ0n) is 16.0. The van der Waals surface area contributed by atoms with Gasteiger partial charge in [0.2, 0.25) is 5.91 Å². The Labute approximate surface area is 169 Å². The first-order valence-corrected chi connectivity index (χ1v) is 9.64. The van der Waals surface area contributed by atoms with E-state index in [4.69, 9.17) is 0 Å². The fourth-order valence-electron chi connectivity index (χ4n) is 3.97. The molecule has 11 heteroatoms. The molecule has 2 fully saturated rings. The number of nitrogens with zero attached hydrogens (tertiary/aromatic N) is 6. The second kappa shape index (κ2) is 6.57. The standard InChI is InChI=1S/C19H19F2N7O2/c20-19(21)11-26(6-5-18(19)3-4-18)14-7-22-17(30)27(9-14)10-16(29)25-13-1-2-15-23-12-24-28(15)8-13/h1-2,7-9,12H,3-6,10-11H2,(H,25,29). The van der Waals surface area contributed by atoms with Crippen molar-refractivity contribution in [2.45, 2.75) is 31.7 Å². The normalized spacial score (nSPS) is 19.2. The molecule has 0 aromatic carbocycles. The number of amides is 1. The summed E-state index contributed by atoms with van der Waals surface area (Å²) in [7, 11) is 0. The number of pyridine rings is 1. The molecule has 0 radical (unpaired) electrons. The van der Waals surface area contributed by atoms with Crippen LogP contribution in [0.5, 0.6) is 0 Å². The van der Waals surface area contributed by atoms with Crippen LogP contribution in [0.2, 0.25) is 0 Å². The van der Waals surface area contributed by atoms with Gasteiger partial charge >= 0.3 is 5.69 Å². The van der Waals surface area contributed by atoms with Gasteiger partial charge < -0.3 is 10.2 Å². The molecule has 9 nitrogen and oxygen atoms in total. The number of rotatable bonds is 4. The number of hydrogen-bond acceptors (Lipinski definition) is 6. The third-order valence-corrected chi connectivity index (χ3v) is 5.96. The lowest BCUT2D eigenvalue weighted by molar-refractivity contribution is -0.116. The number of halogens is 2. The van der Waals surface area contributed by atoms with Gasteiger partial charge in [0.25, 0.3) is 5.92 Å². The van der Waals surface area contributed by atoms with Crippen molar-refractivity contribution in [2.24, 2.45) is 5.41 Å². The van der Waals surface area contributed by atoms with Gasteiger partial charge in [0, 0.05) is 18.2 Å². The maximum Gasteiger partial charge on any atom is 0.348 e. The van der Waals surface area contributed by atoms with E-state index in [1.54, 1.807) is 18.3 Å². The second-order valence-corrected chi connectivity index (χ2v) is 7.91. The molecule has 3 aromatic heterocycles. The summed E-state index contributed by atoms with van der Waals surface area (Å²) in [6, 6.07) is 3.36. The fourth-order valence-corrected chi connectivity index (χ4v) is 3.97. The van der Waals surface area contributed by atoms with Crippen LogP contribution >= 0.6 is 0 Å². The smallest absolute Gasteiger partial charge is 0.348 e. The summed E-state index contributed by atoms with van der Waals surface area (Å²) in [5, 5.41) is 6.68. The van der Waals surface area contributed by atoms with Gasteiger partial charge in [-0.25, -0.2) is 23.1 Å². The first-order valence-electron chi connectivity index (χ1n) is 9.64. The Kier molecular flexibility index (Phi) is 4.09. The van der Waals surface area contributed by atoms with E-state index in [9.17, 15) is 18.4 Å². The zero-order chi connectivity index (χ0) is 20.9. The Hall–Kier alpha value is -3.37. The Bertz CT molecular complexity index is 1180. The van der Waals surface area contributed by atoms with E-state index in [1.807, 2.05) is 0 Å². The molecule has 1 aliphatic heterocycles. The summed E-state index contributed by atoms with van der Waals surface area (Å²) >= 11 is 0. The van der Waals surface area contributed by atoms with Crippen molar-refractivity contribution in [3.05, 3.63) is 47.5 Å². The van der Waals surface area contributed by atoms with Crippen LogP contribution in [-0.4, -0.2) is 49.1 Å². The Balaban J connectivity index is 1.31. The lowest BCUT2D eigenvalue weighted by atomic mass is 9.89. The van der Waals surface area contributed by atoms with E-state index in [2.05, 4.69) is 20.4 Å². The number of aromatic nitrogens is 5. The summed E-state index contributed by atoms with van der Waals surface area (Å²) in [6.07, 6.45) is 7.23. The molecular formula is C19H19F2N7O2. The molecule has 1 saturated carbocycles. The minimum atomic E-state index is -2.77. The molecule has 156 valence electrons. The summed E-state index contributed by atoms with van der Waals surface area (Å²) < 4.78 is 31.6. The monoisotopic (exact) mass is 415 g/mol. The number of piperidine rings is 1. The molecule has 30 heavy (non-hydrogen) atoms. The minimum Gasteiger partial charge on any atom is -0.363 e. The van der Waals surface area contributed by atoms with E-state index in [1.165, 1.54) is 28.1 Å². The van der Waals surface area contributed by atoms with Crippen molar-refractivity contribution < 1.29 is 13.6 Å². The fraction of sp³-hybridized carbons (Fsp3) is 0.421. The summed E-state index contributed by atoms with van der Waals surface area (Å²) in [5.74, 6) is -3.22. The Morgan fingerprint density at radius 3 is 2.77 bits per heavy atom. The van der Waals surface area contributed by atoms with E-state index < -0.39 is 29.5 Å². The van der Waals surface area contributed by atoms with Gasteiger partial charge in [0.1, 0.15) is 12.9 Å². The van der Waals surface area contributed by atoms with Crippen LogP contribution in [0.4, 0.5) is 20.2 Å². The van der Waals surface area contributed by atoms with Crippen LogP contribution in [0.15, 0.2) is 41.8 Å². The third kappa shape index (κ3) is 3.19. The lowest BCUT2D eigenvalue weighted by Gasteiger charge is -2.39. The number of anilines is 2. The van der Waals surface area contributed by atoms with E-state index >= 15 is 0 Å². The largest absolute Gasteiger partial charge is 0.363 e. The highest BCUT2D eigenvalue weighted by atomic mass is 19.3. The van der Waals surface area contributed by atoms with Crippen LogP contribution in [-0.2, 0) is 11.3 Å². The van der Waals surface area contributed by atoms with E-state index in [0.29, 0.717) is 42.8 Å². The van der Waals surface area contributed by atoms with Crippen LogP contribution in [0, 0.1) is 5.41 Å². The molecule has 5 rings (SSSR count). The molecule has 2 aliphatic rings. The quantitative estimate of drug-likeness (QED) is 0.695. The van der Waals surface area contributed by atoms with Crippen molar-refractivity contribution in [1.82, 2.24) is 24.1 Å². The van der Waals surface area contributed by atoms with Gasteiger partial charge in [-0.1, -0.05) is 0 Å². The van der Waals surface area contributed by atoms with Gasteiger partial charge in [-0.2, -0.15) is 10.1 Å². The molecule has 1 saturated heterocycles. The van der Waals surface area contributed by atoms with Gasteiger partial charge in [0.15, 0.2) is 5.65 Å². The highest BCUT2D eigenvalue weighted by molar-refractivity contribution is 5.90. The van der Waals surface area contributed by atoms with Crippen molar-refractivity contribution >= 4 is 22.9 Å². The number of alkyl halides is 2. The molecule has 0 atom stereocenters. The second-order valence-electron chi connectivity index (χ2n) is 7.91. The SMILES string of the molecule is O=C(Cn1cc(N2CCC3(CC3)C(F)(F)C2)cnc1=O)Nc1ccc2ncnn2c1. The average molecular weight is 415 g/mol. The number of fused-ring (bicyclic) bond motifs is 1. The van der Waals surface area contributed by atoms with Gasteiger partial charge in [-0.05, 0) is 31.4 Å². The molecule has 1 N–H and O–H groups in total. The molecule has 4 heterocycles. The van der Waals surface area contributed by atoms with E-state index in [0.717, 1.165) is 4.57 Å². The summed E-state index contributed by atoms with van der Waals surface area (Å²) in [5.41, 5.74) is 0.0499. The maximum absolute atomic E-state index is 14.5. The van der Waals surface area contributed by atoms with Gasteiger partial charge in [-0.3, -0.25) is 9.36 Å². The summed E-state index contributed by atoms with van der Waals surface area (Å²) in [4.78, 5) is 33.8. The molecule has 1 aliphatic carbocycles. The number of hydrogen-bond donors (Lipinski definition) is 1. The molecular weight excluding hydrogens is 396 g/mol. The van der Waals surface area contributed by atoms with Crippen molar-refractivity contribution in [2.75, 3.05) is 23.3 Å². The molecule has 0 bridgehead atoms. The first kappa shape index (κ1) is 18.6. The lowest BCUT2D eigenvalue weighted by Crippen LogP contribution is -2.50. The third-order valence-electron chi connectivity index (χ3n) is 5.96. The highest BCUT2D eigenvalue weighted by Crippen LogP contribution is 2.61. The Morgan fingerprint density at radius 2 is 2.00 bits per heavy atom. The molecule has 1 amide bonds. The van der Waals surface area contributed by atoms with Crippen molar-refractivity contribution in [3.63, 3.8) is 0 Å². The number of carbonyl (C=O) groups is 1. The summed E-state index contributed by atoms with van der Waals surface area (Å²) in [6.45, 7) is -0.222.